The standard InChI is InChI=1S/C12H20N2OS/c1-15-7-3-8-16-9-6-14-11-12-4-2-5-13-10-12/h2,4-5,10,14H,3,6-9,11H2,1H3. The number of rotatable bonds is 9. The predicted octanol–water partition coefficient (Wildman–Crippen LogP) is 1.94. The number of hydrogen-bond donors (Lipinski definition) is 1. The quantitative estimate of drug-likeness (QED) is 0.669. The molecule has 0 fully saturated rings. The third-order valence-electron chi connectivity index (χ3n) is 2.11. The topological polar surface area (TPSA) is 34.1 Å². The molecule has 0 aromatic carbocycles. The molecule has 0 spiro atoms. The van der Waals surface area contributed by atoms with E-state index in [-0.39, 0.29) is 0 Å². The zero-order valence-electron chi connectivity index (χ0n) is 9.82. The fraction of sp³-hybridized carbons (Fsp3) is 0.583. The lowest BCUT2D eigenvalue weighted by Gasteiger charge is -2.04. The van der Waals surface area contributed by atoms with E-state index in [4.69, 9.17) is 4.74 Å². The van der Waals surface area contributed by atoms with Crippen LogP contribution in [-0.2, 0) is 11.3 Å². The van der Waals surface area contributed by atoms with Gasteiger partial charge in [0.25, 0.3) is 0 Å². The Kier molecular flexibility index (Phi) is 8.12. The highest BCUT2D eigenvalue weighted by Gasteiger charge is 1.92. The molecule has 1 aromatic heterocycles. The van der Waals surface area contributed by atoms with Crippen molar-refractivity contribution in [2.24, 2.45) is 0 Å². The van der Waals surface area contributed by atoms with Crippen molar-refractivity contribution in [3.05, 3.63) is 30.1 Å². The van der Waals surface area contributed by atoms with Crippen molar-refractivity contribution in [2.45, 2.75) is 13.0 Å². The summed E-state index contributed by atoms with van der Waals surface area (Å²) in [5, 5.41) is 3.40. The number of nitrogens with one attached hydrogen (secondary N) is 1. The molecule has 0 amide bonds. The molecular weight excluding hydrogens is 220 g/mol. The first-order chi connectivity index (χ1) is 7.93. The van der Waals surface area contributed by atoms with Crippen molar-refractivity contribution in [1.29, 1.82) is 0 Å². The maximum atomic E-state index is 4.99. The number of methoxy groups -OCH3 is 1. The molecule has 0 aliphatic heterocycles. The molecule has 1 heterocycles. The zero-order chi connectivity index (χ0) is 11.5. The molecule has 0 aliphatic rings. The van der Waals surface area contributed by atoms with E-state index in [2.05, 4.69) is 16.4 Å². The Balaban J connectivity index is 1.89. The lowest BCUT2D eigenvalue weighted by atomic mass is 10.3. The Labute approximate surface area is 102 Å². The summed E-state index contributed by atoms with van der Waals surface area (Å²) in [6, 6.07) is 4.06. The molecule has 0 bridgehead atoms. The zero-order valence-corrected chi connectivity index (χ0v) is 10.6. The van der Waals surface area contributed by atoms with Gasteiger partial charge in [0.05, 0.1) is 0 Å². The molecule has 16 heavy (non-hydrogen) atoms. The van der Waals surface area contributed by atoms with E-state index in [1.165, 1.54) is 11.3 Å². The first-order valence-corrected chi connectivity index (χ1v) is 6.75. The van der Waals surface area contributed by atoms with E-state index in [9.17, 15) is 0 Å². The van der Waals surface area contributed by atoms with Gasteiger partial charge >= 0.3 is 0 Å². The largest absolute Gasteiger partial charge is 0.385 e. The second-order valence-corrected chi connectivity index (χ2v) is 4.72. The van der Waals surface area contributed by atoms with Crippen LogP contribution in [0, 0.1) is 0 Å². The second-order valence-electron chi connectivity index (χ2n) is 3.50. The molecule has 0 atom stereocenters. The normalized spacial score (nSPS) is 10.6. The van der Waals surface area contributed by atoms with Crippen molar-refractivity contribution < 1.29 is 4.74 Å². The number of nitrogens with zero attached hydrogens (tertiary/aromatic N) is 1. The lowest BCUT2D eigenvalue weighted by molar-refractivity contribution is 0.200. The van der Waals surface area contributed by atoms with Crippen molar-refractivity contribution in [3.63, 3.8) is 0 Å². The average molecular weight is 240 g/mol. The Bertz CT molecular complexity index is 256. The van der Waals surface area contributed by atoms with Crippen LogP contribution >= 0.6 is 11.8 Å². The minimum Gasteiger partial charge on any atom is -0.385 e. The Morgan fingerprint density at radius 3 is 3.12 bits per heavy atom. The van der Waals surface area contributed by atoms with E-state index < -0.39 is 0 Å². The van der Waals surface area contributed by atoms with Crippen LogP contribution < -0.4 is 5.32 Å². The van der Waals surface area contributed by atoms with Crippen LogP contribution in [0.3, 0.4) is 0 Å². The molecular formula is C12H20N2OS. The van der Waals surface area contributed by atoms with Gasteiger partial charge in [-0.1, -0.05) is 6.07 Å². The fourth-order valence-electron chi connectivity index (χ4n) is 1.29. The number of aromatic nitrogens is 1. The smallest absolute Gasteiger partial charge is 0.0470 e. The predicted molar refractivity (Wildman–Crippen MR) is 69.8 cm³/mol. The van der Waals surface area contributed by atoms with Crippen LogP contribution in [0.1, 0.15) is 12.0 Å². The van der Waals surface area contributed by atoms with Crippen molar-refractivity contribution in [1.82, 2.24) is 10.3 Å². The Morgan fingerprint density at radius 1 is 1.44 bits per heavy atom. The van der Waals surface area contributed by atoms with Gasteiger partial charge in [0.1, 0.15) is 0 Å². The molecule has 0 radical (unpaired) electrons. The SMILES string of the molecule is COCCCSCCNCc1cccnc1. The molecule has 0 saturated heterocycles. The van der Waals surface area contributed by atoms with Gasteiger partial charge in [0, 0.05) is 45.0 Å². The van der Waals surface area contributed by atoms with Crippen molar-refractivity contribution >= 4 is 11.8 Å². The van der Waals surface area contributed by atoms with Crippen LogP contribution in [-0.4, -0.2) is 36.8 Å². The molecule has 1 rings (SSSR count). The molecule has 1 aromatic rings. The van der Waals surface area contributed by atoms with Gasteiger partial charge in [-0.05, 0) is 23.8 Å². The van der Waals surface area contributed by atoms with Crippen LogP contribution in [0.5, 0.6) is 0 Å². The minimum absolute atomic E-state index is 0.871. The molecule has 0 saturated carbocycles. The van der Waals surface area contributed by atoms with E-state index in [1.807, 2.05) is 24.0 Å². The number of ether oxygens (including phenoxy) is 1. The van der Waals surface area contributed by atoms with Crippen LogP contribution in [0.4, 0.5) is 0 Å². The first kappa shape index (κ1) is 13.5. The first-order valence-electron chi connectivity index (χ1n) is 5.60. The number of thioether (sulfide) groups is 1. The van der Waals surface area contributed by atoms with Gasteiger partial charge in [0.15, 0.2) is 0 Å². The fourth-order valence-corrected chi connectivity index (χ4v) is 2.10. The van der Waals surface area contributed by atoms with Crippen molar-refractivity contribution in [2.75, 3.05) is 31.8 Å². The summed E-state index contributed by atoms with van der Waals surface area (Å²) in [5.74, 6) is 2.34. The maximum Gasteiger partial charge on any atom is 0.0470 e. The summed E-state index contributed by atoms with van der Waals surface area (Å²) < 4.78 is 4.99. The van der Waals surface area contributed by atoms with E-state index in [0.29, 0.717) is 0 Å². The van der Waals surface area contributed by atoms with Crippen LogP contribution in [0.25, 0.3) is 0 Å². The molecule has 0 aliphatic carbocycles. The van der Waals surface area contributed by atoms with Gasteiger partial charge in [-0.15, -0.1) is 0 Å². The average Bonchev–Trinajstić information content (AvgIpc) is 2.34. The summed E-state index contributed by atoms with van der Waals surface area (Å²) in [6.45, 7) is 2.83. The number of pyridine rings is 1. The maximum absolute atomic E-state index is 4.99. The molecule has 90 valence electrons. The Hall–Kier alpha value is -0.580. The highest BCUT2D eigenvalue weighted by molar-refractivity contribution is 7.99. The van der Waals surface area contributed by atoms with Crippen LogP contribution in [0.2, 0.25) is 0 Å². The summed E-state index contributed by atoms with van der Waals surface area (Å²) in [5.41, 5.74) is 1.24. The van der Waals surface area contributed by atoms with E-state index >= 15 is 0 Å². The van der Waals surface area contributed by atoms with Gasteiger partial charge in [-0.2, -0.15) is 11.8 Å². The molecule has 1 N–H and O–H groups in total. The summed E-state index contributed by atoms with van der Waals surface area (Å²) >= 11 is 1.97. The summed E-state index contributed by atoms with van der Waals surface area (Å²) in [6.07, 6.45) is 4.84. The molecule has 0 unspecified atom stereocenters. The highest BCUT2D eigenvalue weighted by atomic mass is 32.2. The molecule has 3 nitrogen and oxygen atoms in total. The van der Waals surface area contributed by atoms with Gasteiger partial charge in [0.2, 0.25) is 0 Å². The molecule has 4 heteroatoms. The summed E-state index contributed by atoms with van der Waals surface area (Å²) in [7, 11) is 1.75. The minimum atomic E-state index is 0.871. The number of hydrogen-bond acceptors (Lipinski definition) is 4. The highest BCUT2D eigenvalue weighted by Crippen LogP contribution is 2.01. The second kappa shape index (κ2) is 9.63. The lowest BCUT2D eigenvalue weighted by Crippen LogP contribution is -2.16. The monoisotopic (exact) mass is 240 g/mol. The van der Waals surface area contributed by atoms with Gasteiger partial charge < -0.3 is 10.1 Å². The van der Waals surface area contributed by atoms with E-state index in [0.717, 1.165) is 31.9 Å². The Morgan fingerprint density at radius 2 is 2.38 bits per heavy atom. The van der Waals surface area contributed by atoms with Crippen LogP contribution in [0.15, 0.2) is 24.5 Å². The third-order valence-corrected chi connectivity index (χ3v) is 3.18. The summed E-state index contributed by atoms with van der Waals surface area (Å²) in [4.78, 5) is 4.07. The van der Waals surface area contributed by atoms with Gasteiger partial charge in [-0.25, -0.2) is 0 Å². The van der Waals surface area contributed by atoms with Gasteiger partial charge in [-0.3, -0.25) is 4.98 Å². The van der Waals surface area contributed by atoms with Crippen molar-refractivity contribution in [3.8, 4) is 0 Å². The van der Waals surface area contributed by atoms with E-state index in [1.54, 1.807) is 13.3 Å². The third kappa shape index (κ3) is 6.82.